The van der Waals surface area contributed by atoms with E-state index >= 15 is 0 Å². The van der Waals surface area contributed by atoms with Gasteiger partial charge in [-0.3, -0.25) is 4.79 Å². The molecular weight excluding hydrogens is 262 g/mol. The van der Waals surface area contributed by atoms with Crippen LogP contribution in [0.5, 0.6) is 11.5 Å². The molecule has 0 bridgehead atoms. The number of aliphatic carboxylic acids is 1. The molecule has 0 unspecified atom stereocenters. The van der Waals surface area contributed by atoms with Gasteiger partial charge < -0.3 is 24.7 Å². The summed E-state index contributed by atoms with van der Waals surface area (Å²) in [5, 5.41) is 12.9. The Bertz CT molecular complexity index is 473. The van der Waals surface area contributed by atoms with E-state index in [2.05, 4.69) is 5.32 Å². The fourth-order valence-electron chi connectivity index (χ4n) is 1.79. The van der Waals surface area contributed by atoms with Crippen molar-refractivity contribution in [1.82, 2.24) is 5.32 Å². The lowest BCUT2D eigenvalue weighted by atomic mass is 10.1. The number of nitrogens with one attached hydrogen (secondary N) is 1. The van der Waals surface area contributed by atoms with E-state index in [9.17, 15) is 14.7 Å². The van der Waals surface area contributed by atoms with Crippen molar-refractivity contribution in [1.29, 1.82) is 0 Å². The molecule has 0 fully saturated rings. The Morgan fingerprint density at radius 1 is 1.20 bits per heavy atom. The van der Waals surface area contributed by atoms with Crippen LogP contribution >= 0.6 is 0 Å². The zero-order valence-corrected chi connectivity index (χ0v) is 11.6. The van der Waals surface area contributed by atoms with Gasteiger partial charge in [-0.25, -0.2) is 0 Å². The molecule has 0 aliphatic heterocycles. The van der Waals surface area contributed by atoms with E-state index in [1.807, 2.05) is 12.1 Å². The number of carboxylic acids is 1. The number of para-hydroxylation sites is 1. The Balaban J connectivity index is 2.49. The number of ether oxygens (including phenoxy) is 2. The average Bonchev–Trinajstić information content (AvgIpc) is 2.44. The topological polar surface area (TPSA) is 87.7 Å². The molecule has 0 heterocycles. The molecule has 0 spiro atoms. The first-order chi connectivity index (χ1) is 9.58. The van der Waals surface area contributed by atoms with Crippen molar-refractivity contribution >= 4 is 11.9 Å². The van der Waals surface area contributed by atoms with Crippen molar-refractivity contribution in [2.75, 3.05) is 20.8 Å². The van der Waals surface area contributed by atoms with Crippen molar-refractivity contribution < 1.29 is 24.2 Å². The van der Waals surface area contributed by atoms with Gasteiger partial charge in [-0.1, -0.05) is 12.1 Å². The minimum absolute atomic E-state index is 0.0718. The highest BCUT2D eigenvalue weighted by molar-refractivity contribution is 5.79. The normalized spacial score (nSPS) is 9.90. The Kier molecular flexibility index (Phi) is 6.36. The summed E-state index contributed by atoms with van der Waals surface area (Å²) in [5.74, 6) is -0.266. The molecular formula is C14H18NO5-. The summed E-state index contributed by atoms with van der Waals surface area (Å²) in [6, 6.07) is 5.52. The summed E-state index contributed by atoms with van der Waals surface area (Å²) >= 11 is 0. The molecule has 1 N–H and O–H groups in total. The number of rotatable bonds is 8. The Morgan fingerprint density at radius 2 is 1.95 bits per heavy atom. The molecule has 1 aromatic carbocycles. The number of carbonyl (C=O) groups is 2. The van der Waals surface area contributed by atoms with Gasteiger partial charge in [0, 0.05) is 18.9 Å². The Morgan fingerprint density at radius 3 is 2.55 bits per heavy atom. The summed E-state index contributed by atoms with van der Waals surface area (Å²) in [6.45, 7) is 0.398. The predicted octanol–water partition coefficient (Wildman–Crippen LogP) is -0.107. The number of carboxylic acid groups (broad SMARTS) is 1. The molecule has 1 rings (SSSR count). The van der Waals surface area contributed by atoms with Crippen LogP contribution < -0.4 is 19.9 Å². The van der Waals surface area contributed by atoms with E-state index < -0.39 is 5.97 Å². The molecule has 6 nitrogen and oxygen atoms in total. The first kappa shape index (κ1) is 15.8. The monoisotopic (exact) mass is 280 g/mol. The maximum Gasteiger partial charge on any atom is 0.220 e. The van der Waals surface area contributed by atoms with Crippen molar-refractivity contribution in [2.45, 2.75) is 19.3 Å². The minimum atomic E-state index is -1.23. The van der Waals surface area contributed by atoms with Crippen LogP contribution in [0.4, 0.5) is 0 Å². The molecule has 0 saturated heterocycles. The standard InChI is InChI=1S/C14H19NO5/c1-19-11-5-3-4-10(14(11)20-2)8-9-15-12(16)6-7-13(17)18/h3-5H,6-9H2,1-2H3,(H,15,16)(H,17,18)/p-1. The van der Waals surface area contributed by atoms with Crippen LogP contribution in [0.15, 0.2) is 18.2 Å². The zero-order chi connectivity index (χ0) is 15.0. The summed E-state index contributed by atoms with van der Waals surface area (Å²) in [6.07, 6.45) is 0.226. The Labute approximate surface area is 117 Å². The number of methoxy groups -OCH3 is 2. The van der Waals surface area contributed by atoms with Crippen LogP contribution in [-0.4, -0.2) is 32.6 Å². The number of hydrogen-bond acceptors (Lipinski definition) is 5. The second-order valence-electron chi connectivity index (χ2n) is 4.12. The van der Waals surface area contributed by atoms with Crippen LogP contribution in [0, 0.1) is 0 Å². The maximum atomic E-state index is 11.4. The van der Waals surface area contributed by atoms with Gasteiger partial charge in [0.25, 0.3) is 0 Å². The lowest BCUT2D eigenvalue weighted by Gasteiger charge is -2.12. The fourth-order valence-corrected chi connectivity index (χ4v) is 1.79. The minimum Gasteiger partial charge on any atom is -0.550 e. The van der Waals surface area contributed by atoms with Crippen LogP contribution in [0.1, 0.15) is 18.4 Å². The zero-order valence-electron chi connectivity index (χ0n) is 11.6. The van der Waals surface area contributed by atoms with E-state index in [1.165, 1.54) is 0 Å². The van der Waals surface area contributed by atoms with Gasteiger partial charge in [-0.15, -0.1) is 0 Å². The highest BCUT2D eigenvalue weighted by Crippen LogP contribution is 2.30. The summed E-state index contributed by atoms with van der Waals surface area (Å²) < 4.78 is 10.5. The van der Waals surface area contributed by atoms with E-state index in [4.69, 9.17) is 9.47 Å². The molecule has 0 aromatic heterocycles. The molecule has 0 atom stereocenters. The van der Waals surface area contributed by atoms with E-state index in [1.54, 1.807) is 20.3 Å². The molecule has 0 saturated carbocycles. The molecule has 1 aromatic rings. The quantitative estimate of drug-likeness (QED) is 0.718. The lowest BCUT2D eigenvalue weighted by molar-refractivity contribution is -0.305. The molecule has 0 radical (unpaired) electrons. The van der Waals surface area contributed by atoms with Gasteiger partial charge in [0.2, 0.25) is 5.91 Å². The van der Waals surface area contributed by atoms with Gasteiger partial charge in [0.15, 0.2) is 11.5 Å². The maximum absolute atomic E-state index is 11.4. The summed E-state index contributed by atoms with van der Waals surface area (Å²) in [7, 11) is 3.11. The van der Waals surface area contributed by atoms with Crippen LogP contribution in [0.2, 0.25) is 0 Å². The lowest BCUT2D eigenvalue weighted by Crippen LogP contribution is -2.29. The molecule has 0 aliphatic carbocycles. The molecule has 0 aliphatic rings. The third-order valence-electron chi connectivity index (χ3n) is 2.76. The molecule has 1 amide bonds. The fraction of sp³-hybridized carbons (Fsp3) is 0.429. The largest absolute Gasteiger partial charge is 0.550 e. The highest BCUT2D eigenvalue weighted by Gasteiger charge is 2.09. The van der Waals surface area contributed by atoms with Crippen molar-refractivity contribution in [3.63, 3.8) is 0 Å². The van der Waals surface area contributed by atoms with Crippen LogP contribution in [0.25, 0.3) is 0 Å². The third-order valence-corrected chi connectivity index (χ3v) is 2.76. The van der Waals surface area contributed by atoms with Gasteiger partial charge in [0.05, 0.1) is 14.2 Å². The molecule has 20 heavy (non-hydrogen) atoms. The van der Waals surface area contributed by atoms with Crippen molar-refractivity contribution in [2.24, 2.45) is 0 Å². The van der Waals surface area contributed by atoms with E-state index in [0.29, 0.717) is 24.5 Å². The van der Waals surface area contributed by atoms with Gasteiger partial charge in [-0.05, 0) is 24.5 Å². The second-order valence-corrected chi connectivity index (χ2v) is 4.12. The smallest absolute Gasteiger partial charge is 0.220 e. The highest BCUT2D eigenvalue weighted by atomic mass is 16.5. The van der Waals surface area contributed by atoms with Crippen molar-refractivity contribution in [3.8, 4) is 11.5 Å². The first-order valence-corrected chi connectivity index (χ1v) is 6.25. The number of benzene rings is 1. The first-order valence-electron chi connectivity index (χ1n) is 6.25. The molecule has 6 heteroatoms. The van der Waals surface area contributed by atoms with Gasteiger partial charge >= 0.3 is 0 Å². The van der Waals surface area contributed by atoms with Crippen LogP contribution in [-0.2, 0) is 16.0 Å². The number of amides is 1. The van der Waals surface area contributed by atoms with E-state index in [0.717, 1.165) is 5.56 Å². The third kappa shape index (κ3) is 4.79. The van der Waals surface area contributed by atoms with Crippen molar-refractivity contribution in [3.05, 3.63) is 23.8 Å². The number of carbonyl (C=O) groups excluding carboxylic acids is 2. The SMILES string of the molecule is COc1cccc(CCNC(=O)CCC(=O)[O-])c1OC. The van der Waals surface area contributed by atoms with Gasteiger partial charge in [0.1, 0.15) is 0 Å². The second kappa shape index (κ2) is 8.04. The Hall–Kier alpha value is -2.24. The molecule has 110 valence electrons. The average molecular weight is 280 g/mol. The summed E-state index contributed by atoms with van der Waals surface area (Å²) in [4.78, 5) is 21.6. The predicted molar refractivity (Wildman–Crippen MR) is 70.5 cm³/mol. The van der Waals surface area contributed by atoms with Gasteiger partial charge in [-0.2, -0.15) is 0 Å². The van der Waals surface area contributed by atoms with Crippen LogP contribution in [0.3, 0.4) is 0 Å². The number of hydrogen-bond donors (Lipinski definition) is 1. The van der Waals surface area contributed by atoms with E-state index in [-0.39, 0.29) is 18.7 Å². The summed E-state index contributed by atoms with van der Waals surface area (Å²) in [5.41, 5.74) is 0.909.